The van der Waals surface area contributed by atoms with E-state index in [1.807, 2.05) is 6.92 Å². The molecule has 0 saturated carbocycles. The van der Waals surface area contributed by atoms with E-state index in [-0.39, 0.29) is 5.75 Å². The predicted octanol–water partition coefficient (Wildman–Crippen LogP) is 2.67. The summed E-state index contributed by atoms with van der Waals surface area (Å²) in [6.07, 6.45) is 0.647. The first-order valence-corrected chi connectivity index (χ1v) is 7.56. The molecule has 112 valence electrons. The summed E-state index contributed by atoms with van der Waals surface area (Å²) in [5.74, 6) is 0.352. The largest absolute Gasteiger partial charge is 0.497 e. The third-order valence-corrected chi connectivity index (χ3v) is 3.97. The molecule has 1 heterocycles. The van der Waals surface area contributed by atoms with Gasteiger partial charge in [-0.1, -0.05) is 30.3 Å². The van der Waals surface area contributed by atoms with E-state index in [4.69, 9.17) is 21.4 Å². The molecule has 0 aliphatic rings. The van der Waals surface area contributed by atoms with E-state index < -0.39 is 5.97 Å². The van der Waals surface area contributed by atoms with Crippen molar-refractivity contribution in [3.63, 3.8) is 0 Å². The van der Waals surface area contributed by atoms with Gasteiger partial charge >= 0.3 is 5.97 Å². The maximum atomic E-state index is 10.7. The van der Waals surface area contributed by atoms with E-state index in [9.17, 15) is 4.79 Å². The molecule has 2 rings (SSSR count). The molecule has 21 heavy (non-hydrogen) atoms. The smallest absolute Gasteiger partial charge is 0.313 e. The Morgan fingerprint density at radius 3 is 2.86 bits per heavy atom. The van der Waals surface area contributed by atoms with E-state index in [2.05, 4.69) is 10.2 Å². The summed E-state index contributed by atoms with van der Waals surface area (Å²) in [7, 11) is 1.57. The first-order chi connectivity index (χ1) is 10.1. The number of methoxy groups -OCH3 is 1. The average molecular weight is 328 g/mol. The summed E-state index contributed by atoms with van der Waals surface area (Å²) in [5.41, 5.74) is 0.672. The molecule has 0 aliphatic carbocycles. The van der Waals surface area contributed by atoms with Gasteiger partial charge in [-0.15, -0.1) is 10.2 Å². The minimum atomic E-state index is -0.913. The second kappa shape index (κ2) is 6.82. The van der Waals surface area contributed by atoms with Crippen LogP contribution in [0.3, 0.4) is 0 Å². The maximum absolute atomic E-state index is 10.7. The minimum Gasteiger partial charge on any atom is -0.497 e. The second-order valence-corrected chi connectivity index (χ2v) is 5.44. The molecule has 0 aliphatic heterocycles. The van der Waals surface area contributed by atoms with Crippen molar-refractivity contribution >= 4 is 29.3 Å². The quantitative estimate of drug-likeness (QED) is 0.822. The lowest BCUT2D eigenvalue weighted by atomic mass is 10.3. The van der Waals surface area contributed by atoms with E-state index >= 15 is 0 Å². The molecule has 0 radical (unpaired) electrons. The summed E-state index contributed by atoms with van der Waals surface area (Å²) < 4.78 is 6.97. The summed E-state index contributed by atoms with van der Waals surface area (Å²) in [5, 5.41) is 17.9. The fourth-order valence-corrected chi connectivity index (χ4v) is 2.67. The van der Waals surface area contributed by atoms with Crippen LogP contribution in [0.5, 0.6) is 5.75 Å². The monoisotopic (exact) mass is 327 g/mol. The zero-order valence-corrected chi connectivity index (χ0v) is 13.1. The number of aliphatic carboxylic acids is 1. The number of rotatable bonds is 6. The Balaban J connectivity index is 2.50. The first-order valence-electron chi connectivity index (χ1n) is 6.19. The van der Waals surface area contributed by atoms with Gasteiger partial charge in [-0.3, -0.25) is 9.36 Å². The SMILES string of the molecule is CCc1nnc(SCC(=O)O)n1-c1cc(OC)ccc1Cl. The number of aryl methyl sites for hydroxylation is 1. The number of hydrogen-bond donors (Lipinski definition) is 1. The topological polar surface area (TPSA) is 77.2 Å². The van der Waals surface area contributed by atoms with Gasteiger partial charge < -0.3 is 9.84 Å². The van der Waals surface area contributed by atoms with Gasteiger partial charge in [-0.2, -0.15) is 0 Å². The van der Waals surface area contributed by atoms with Crippen LogP contribution in [-0.4, -0.2) is 38.7 Å². The molecule has 8 heteroatoms. The van der Waals surface area contributed by atoms with Crippen molar-refractivity contribution in [3.05, 3.63) is 29.0 Å². The third kappa shape index (κ3) is 3.48. The number of aromatic nitrogens is 3. The number of carboxylic acids is 1. The standard InChI is InChI=1S/C13H14ClN3O3S/c1-3-11-15-16-13(21-7-12(18)19)17(11)10-6-8(20-2)4-5-9(10)14/h4-6H,3,7H2,1-2H3,(H,18,19). The predicted molar refractivity (Wildman–Crippen MR) is 80.7 cm³/mol. The number of thioether (sulfide) groups is 1. The fourth-order valence-electron chi connectivity index (χ4n) is 1.78. The highest BCUT2D eigenvalue weighted by molar-refractivity contribution is 7.99. The lowest BCUT2D eigenvalue weighted by molar-refractivity contribution is -0.133. The van der Waals surface area contributed by atoms with Crippen LogP contribution in [0.4, 0.5) is 0 Å². The Bertz CT molecular complexity index is 660. The molecule has 0 bridgehead atoms. The Morgan fingerprint density at radius 2 is 2.24 bits per heavy atom. The molecule has 6 nitrogen and oxygen atoms in total. The average Bonchev–Trinajstić information content (AvgIpc) is 2.88. The summed E-state index contributed by atoms with van der Waals surface area (Å²) >= 11 is 7.35. The van der Waals surface area contributed by atoms with Crippen molar-refractivity contribution in [2.24, 2.45) is 0 Å². The van der Waals surface area contributed by atoms with Crippen molar-refractivity contribution in [2.45, 2.75) is 18.5 Å². The van der Waals surface area contributed by atoms with Gasteiger partial charge in [-0.25, -0.2) is 0 Å². The maximum Gasteiger partial charge on any atom is 0.313 e. The highest BCUT2D eigenvalue weighted by Gasteiger charge is 2.17. The van der Waals surface area contributed by atoms with Gasteiger partial charge in [0, 0.05) is 12.5 Å². The molecule has 1 aromatic carbocycles. The summed E-state index contributed by atoms with van der Waals surface area (Å²) in [6.45, 7) is 1.94. The Morgan fingerprint density at radius 1 is 1.48 bits per heavy atom. The molecule has 2 aromatic rings. The Labute approximate surface area is 131 Å². The van der Waals surface area contributed by atoms with Crippen LogP contribution in [0, 0.1) is 0 Å². The van der Waals surface area contributed by atoms with Crippen molar-refractivity contribution in [1.29, 1.82) is 0 Å². The van der Waals surface area contributed by atoms with Crippen molar-refractivity contribution in [3.8, 4) is 11.4 Å². The van der Waals surface area contributed by atoms with Crippen LogP contribution >= 0.6 is 23.4 Å². The van der Waals surface area contributed by atoms with Crippen LogP contribution in [0.25, 0.3) is 5.69 Å². The van der Waals surface area contributed by atoms with E-state index in [1.165, 1.54) is 0 Å². The number of carbonyl (C=O) groups is 1. The van der Waals surface area contributed by atoms with Crippen LogP contribution in [0.2, 0.25) is 5.02 Å². The van der Waals surface area contributed by atoms with Crippen molar-refractivity contribution in [1.82, 2.24) is 14.8 Å². The first kappa shape index (κ1) is 15.7. The molecule has 0 unspecified atom stereocenters. The van der Waals surface area contributed by atoms with Crippen LogP contribution in [0.1, 0.15) is 12.7 Å². The zero-order chi connectivity index (χ0) is 15.4. The molecule has 1 aromatic heterocycles. The van der Waals surface area contributed by atoms with E-state index in [1.54, 1.807) is 29.9 Å². The number of benzene rings is 1. The zero-order valence-electron chi connectivity index (χ0n) is 11.5. The van der Waals surface area contributed by atoms with Crippen LogP contribution < -0.4 is 4.74 Å². The number of halogens is 1. The normalized spacial score (nSPS) is 10.6. The van der Waals surface area contributed by atoms with Crippen molar-refractivity contribution < 1.29 is 14.6 Å². The summed E-state index contributed by atoms with van der Waals surface area (Å²) in [6, 6.07) is 5.25. The Kier molecular flexibility index (Phi) is 5.08. The molecule has 0 atom stereocenters. The number of nitrogens with zero attached hydrogens (tertiary/aromatic N) is 3. The van der Waals surface area contributed by atoms with Gasteiger partial charge in [-0.05, 0) is 12.1 Å². The Hall–Kier alpha value is -1.73. The molecule has 0 saturated heterocycles. The second-order valence-electron chi connectivity index (χ2n) is 4.09. The van der Waals surface area contributed by atoms with E-state index in [0.29, 0.717) is 33.9 Å². The van der Waals surface area contributed by atoms with Crippen LogP contribution in [0.15, 0.2) is 23.4 Å². The molecule has 0 amide bonds. The molecule has 0 fully saturated rings. The van der Waals surface area contributed by atoms with Crippen molar-refractivity contribution in [2.75, 3.05) is 12.9 Å². The minimum absolute atomic E-state index is 0.0938. The van der Waals surface area contributed by atoms with E-state index in [0.717, 1.165) is 11.8 Å². The van der Waals surface area contributed by atoms with Crippen LogP contribution in [-0.2, 0) is 11.2 Å². The highest BCUT2D eigenvalue weighted by atomic mass is 35.5. The number of hydrogen-bond acceptors (Lipinski definition) is 5. The van der Waals surface area contributed by atoms with Gasteiger partial charge in [0.05, 0.1) is 23.6 Å². The lowest BCUT2D eigenvalue weighted by Crippen LogP contribution is -2.05. The van der Waals surface area contributed by atoms with Gasteiger partial charge in [0.2, 0.25) is 0 Å². The molecule has 0 spiro atoms. The number of ether oxygens (including phenoxy) is 1. The molecule has 1 N–H and O–H groups in total. The van der Waals surface area contributed by atoms with Gasteiger partial charge in [0.1, 0.15) is 11.6 Å². The lowest BCUT2D eigenvalue weighted by Gasteiger charge is -2.12. The third-order valence-electron chi connectivity index (χ3n) is 2.74. The van der Waals surface area contributed by atoms with Gasteiger partial charge in [0.25, 0.3) is 0 Å². The number of carboxylic acid groups (broad SMARTS) is 1. The molecular formula is C13H14ClN3O3S. The highest BCUT2D eigenvalue weighted by Crippen LogP contribution is 2.30. The van der Waals surface area contributed by atoms with Gasteiger partial charge in [0.15, 0.2) is 5.16 Å². The molecular weight excluding hydrogens is 314 g/mol. The summed E-state index contributed by atoms with van der Waals surface area (Å²) in [4.78, 5) is 10.7. The fraction of sp³-hybridized carbons (Fsp3) is 0.308.